The van der Waals surface area contributed by atoms with Gasteiger partial charge < -0.3 is 4.74 Å². The standard InChI is InChI=1S/C10H16N4O2/c1-10(2,3)16-9(15)14-13-6-8-4-5-11-7-12-8/h4-5,7,13H,6H2,1-3H3,(H,14,15). The number of carbonyl (C=O) groups is 1. The van der Waals surface area contributed by atoms with E-state index in [-0.39, 0.29) is 0 Å². The van der Waals surface area contributed by atoms with Gasteiger partial charge in [-0.1, -0.05) is 0 Å². The van der Waals surface area contributed by atoms with E-state index in [9.17, 15) is 4.79 Å². The van der Waals surface area contributed by atoms with Gasteiger partial charge in [-0.05, 0) is 26.8 Å². The second-order valence-electron chi connectivity index (χ2n) is 4.18. The lowest BCUT2D eigenvalue weighted by Gasteiger charge is -2.19. The molecule has 6 heteroatoms. The second-order valence-corrected chi connectivity index (χ2v) is 4.18. The van der Waals surface area contributed by atoms with Crippen molar-refractivity contribution >= 4 is 6.09 Å². The van der Waals surface area contributed by atoms with Crippen molar-refractivity contribution in [3.8, 4) is 0 Å². The molecule has 1 rings (SSSR count). The highest BCUT2D eigenvalue weighted by atomic mass is 16.6. The maximum Gasteiger partial charge on any atom is 0.422 e. The highest BCUT2D eigenvalue weighted by Gasteiger charge is 2.15. The quantitative estimate of drug-likeness (QED) is 0.749. The first-order valence-electron chi connectivity index (χ1n) is 4.94. The van der Waals surface area contributed by atoms with Crippen LogP contribution in [0.5, 0.6) is 0 Å². The topological polar surface area (TPSA) is 76.1 Å². The van der Waals surface area contributed by atoms with Gasteiger partial charge in [0.05, 0.1) is 12.2 Å². The third kappa shape index (κ3) is 5.26. The van der Waals surface area contributed by atoms with E-state index < -0.39 is 11.7 Å². The molecule has 0 aliphatic carbocycles. The Morgan fingerprint density at radius 1 is 1.50 bits per heavy atom. The van der Waals surface area contributed by atoms with E-state index in [2.05, 4.69) is 20.8 Å². The fourth-order valence-corrected chi connectivity index (χ4v) is 0.933. The first-order valence-corrected chi connectivity index (χ1v) is 4.94. The van der Waals surface area contributed by atoms with Crippen LogP contribution in [0.15, 0.2) is 18.6 Å². The van der Waals surface area contributed by atoms with Crippen LogP contribution in [0.2, 0.25) is 0 Å². The van der Waals surface area contributed by atoms with Gasteiger partial charge in [0.25, 0.3) is 0 Å². The normalized spacial score (nSPS) is 10.9. The highest BCUT2D eigenvalue weighted by molar-refractivity contribution is 5.66. The number of nitrogens with one attached hydrogen (secondary N) is 2. The van der Waals surface area contributed by atoms with E-state index in [0.29, 0.717) is 6.54 Å². The molecule has 2 N–H and O–H groups in total. The number of hydrogen-bond donors (Lipinski definition) is 2. The molecule has 1 aromatic rings. The van der Waals surface area contributed by atoms with Crippen LogP contribution < -0.4 is 10.9 Å². The van der Waals surface area contributed by atoms with E-state index in [1.807, 2.05) is 0 Å². The molecule has 0 saturated heterocycles. The van der Waals surface area contributed by atoms with E-state index >= 15 is 0 Å². The maximum atomic E-state index is 11.2. The molecule has 0 aliphatic heterocycles. The molecule has 0 fully saturated rings. The smallest absolute Gasteiger partial charge is 0.422 e. The number of ether oxygens (including phenoxy) is 1. The lowest BCUT2D eigenvalue weighted by Crippen LogP contribution is -2.40. The van der Waals surface area contributed by atoms with Crippen LogP contribution in [0.3, 0.4) is 0 Å². The molecule has 1 heterocycles. The van der Waals surface area contributed by atoms with E-state index in [4.69, 9.17) is 4.74 Å². The summed E-state index contributed by atoms with van der Waals surface area (Å²) in [6.07, 6.45) is 2.57. The molecule has 0 saturated carbocycles. The fourth-order valence-electron chi connectivity index (χ4n) is 0.933. The Bertz CT molecular complexity index is 334. The molecule has 6 nitrogen and oxygen atoms in total. The number of rotatable bonds is 3. The van der Waals surface area contributed by atoms with Crippen molar-refractivity contribution in [1.82, 2.24) is 20.8 Å². The molecular formula is C10H16N4O2. The monoisotopic (exact) mass is 224 g/mol. The van der Waals surface area contributed by atoms with Crippen molar-refractivity contribution in [3.63, 3.8) is 0 Å². The Balaban J connectivity index is 2.24. The van der Waals surface area contributed by atoms with Crippen LogP contribution in [0.4, 0.5) is 4.79 Å². The van der Waals surface area contributed by atoms with Gasteiger partial charge >= 0.3 is 6.09 Å². The summed E-state index contributed by atoms with van der Waals surface area (Å²) >= 11 is 0. The van der Waals surface area contributed by atoms with Crippen molar-refractivity contribution in [2.24, 2.45) is 0 Å². The molecular weight excluding hydrogens is 208 g/mol. The number of aromatic nitrogens is 2. The molecule has 0 radical (unpaired) electrons. The maximum absolute atomic E-state index is 11.2. The SMILES string of the molecule is CC(C)(C)OC(=O)NNCc1ccncn1. The predicted molar refractivity (Wildman–Crippen MR) is 58.2 cm³/mol. The number of hydrazine groups is 1. The van der Waals surface area contributed by atoms with Gasteiger partial charge in [-0.25, -0.2) is 20.2 Å². The second kappa shape index (κ2) is 5.41. The van der Waals surface area contributed by atoms with Gasteiger partial charge in [0, 0.05) is 6.20 Å². The molecule has 1 aromatic heterocycles. The van der Waals surface area contributed by atoms with Crippen LogP contribution in [-0.4, -0.2) is 21.7 Å². The van der Waals surface area contributed by atoms with E-state index in [1.54, 1.807) is 33.0 Å². The molecule has 0 spiro atoms. The molecule has 0 unspecified atom stereocenters. The summed E-state index contributed by atoms with van der Waals surface area (Å²) in [5.74, 6) is 0. The summed E-state index contributed by atoms with van der Waals surface area (Å²) in [5, 5.41) is 0. The molecule has 0 bridgehead atoms. The Kier molecular flexibility index (Phi) is 4.19. The van der Waals surface area contributed by atoms with Crippen molar-refractivity contribution in [3.05, 3.63) is 24.3 Å². The summed E-state index contributed by atoms with van der Waals surface area (Å²) < 4.78 is 5.03. The summed E-state index contributed by atoms with van der Waals surface area (Å²) in [6, 6.07) is 1.75. The minimum atomic E-state index is -0.512. The van der Waals surface area contributed by atoms with Crippen LogP contribution in [0, 0.1) is 0 Å². The summed E-state index contributed by atoms with van der Waals surface area (Å²) in [4.78, 5) is 19.0. The van der Waals surface area contributed by atoms with E-state index in [1.165, 1.54) is 6.33 Å². The number of carbonyl (C=O) groups excluding carboxylic acids is 1. The van der Waals surface area contributed by atoms with Gasteiger partial charge in [-0.2, -0.15) is 0 Å². The average molecular weight is 224 g/mol. The van der Waals surface area contributed by atoms with Crippen molar-refractivity contribution in [1.29, 1.82) is 0 Å². The lowest BCUT2D eigenvalue weighted by atomic mass is 10.2. The highest BCUT2D eigenvalue weighted by Crippen LogP contribution is 2.05. The third-order valence-electron chi connectivity index (χ3n) is 1.50. The molecule has 0 atom stereocenters. The molecule has 1 amide bonds. The first kappa shape index (κ1) is 12.4. The molecule has 88 valence electrons. The van der Waals surface area contributed by atoms with Crippen LogP contribution >= 0.6 is 0 Å². The fraction of sp³-hybridized carbons (Fsp3) is 0.500. The van der Waals surface area contributed by atoms with Gasteiger partial charge in [0.1, 0.15) is 11.9 Å². The minimum absolute atomic E-state index is 0.418. The van der Waals surface area contributed by atoms with Crippen molar-refractivity contribution in [2.45, 2.75) is 32.9 Å². The molecule has 0 aliphatic rings. The Morgan fingerprint density at radius 2 is 2.25 bits per heavy atom. The van der Waals surface area contributed by atoms with Gasteiger partial charge in [-0.15, -0.1) is 0 Å². The predicted octanol–water partition coefficient (Wildman–Crippen LogP) is 1.01. The Hall–Kier alpha value is -1.69. The zero-order valence-corrected chi connectivity index (χ0v) is 9.65. The summed E-state index contributed by atoms with van der Waals surface area (Å²) in [6.45, 7) is 5.83. The number of nitrogens with zero attached hydrogens (tertiary/aromatic N) is 2. The summed E-state index contributed by atoms with van der Waals surface area (Å²) in [5.41, 5.74) is 5.41. The summed E-state index contributed by atoms with van der Waals surface area (Å²) in [7, 11) is 0. The van der Waals surface area contributed by atoms with Crippen LogP contribution in [0.25, 0.3) is 0 Å². The lowest BCUT2D eigenvalue weighted by molar-refractivity contribution is 0.0497. The minimum Gasteiger partial charge on any atom is -0.443 e. The molecule has 0 aromatic carbocycles. The van der Waals surface area contributed by atoms with Gasteiger partial charge in [-0.3, -0.25) is 5.43 Å². The zero-order chi connectivity index (χ0) is 12.0. The number of hydrogen-bond acceptors (Lipinski definition) is 5. The van der Waals surface area contributed by atoms with Crippen molar-refractivity contribution < 1.29 is 9.53 Å². The van der Waals surface area contributed by atoms with Crippen LogP contribution in [-0.2, 0) is 11.3 Å². The first-order chi connectivity index (χ1) is 7.47. The Labute approximate surface area is 94.4 Å². The van der Waals surface area contributed by atoms with E-state index in [0.717, 1.165) is 5.69 Å². The van der Waals surface area contributed by atoms with Crippen LogP contribution in [0.1, 0.15) is 26.5 Å². The van der Waals surface area contributed by atoms with Gasteiger partial charge in [0.2, 0.25) is 0 Å². The van der Waals surface area contributed by atoms with Gasteiger partial charge in [0.15, 0.2) is 0 Å². The third-order valence-corrected chi connectivity index (χ3v) is 1.50. The largest absolute Gasteiger partial charge is 0.443 e. The average Bonchev–Trinajstić information content (AvgIpc) is 2.16. The van der Waals surface area contributed by atoms with Crippen molar-refractivity contribution in [2.75, 3.05) is 0 Å². The Morgan fingerprint density at radius 3 is 2.81 bits per heavy atom. The zero-order valence-electron chi connectivity index (χ0n) is 9.65. The number of amides is 1. The molecule has 16 heavy (non-hydrogen) atoms.